The minimum atomic E-state index is -0.791. The van der Waals surface area contributed by atoms with Crippen LogP contribution < -0.4 is 0 Å². The van der Waals surface area contributed by atoms with Crippen molar-refractivity contribution in [2.24, 2.45) is 0 Å². The van der Waals surface area contributed by atoms with Crippen molar-refractivity contribution >= 4 is 17.9 Å². The van der Waals surface area contributed by atoms with Crippen molar-refractivity contribution in [3.8, 4) is 0 Å². The van der Waals surface area contributed by atoms with E-state index in [4.69, 9.17) is 14.2 Å². The highest BCUT2D eigenvalue weighted by atomic mass is 16.6. The van der Waals surface area contributed by atoms with Crippen LogP contribution in [0.2, 0.25) is 0 Å². The third kappa shape index (κ3) is 59.2. The molecule has 0 radical (unpaired) electrons. The minimum Gasteiger partial charge on any atom is -0.462 e. The number of esters is 3. The van der Waals surface area contributed by atoms with Crippen molar-refractivity contribution < 1.29 is 28.6 Å². The van der Waals surface area contributed by atoms with E-state index >= 15 is 0 Å². The highest BCUT2D eigenvalue weighted by Gasteiger charge is 2.19. The summed E-state index contributed by atoms with van der Waals surface area (Å²) in [6.07, 6.45) is 82.5. The second kappa shape index (κ2) is 61.9. The highest BCUT2D eigenvalue weighted by Crippen LogP contribution is 2.15. The quantitative estimate of drug-likeness (QED) is 0.0261. The summed E-state index contributed by atoms with van der Waals surface area (Å²) < 4.78 is 16.9. The normalized spacial score (nSPS) is 12.7. The molecule has 0 aliphatic carbocycles. The summed E-state index contributed by atoms with van der Waals surface area (Å²) in [5.74, 6) is -0.905. The fraction of sp³-hybridized carbons (Fsp3) is 0.721. The maximum atomic E-state index is 12.9. The van der Waals surface area contributed by atoms with E-state index in [1.807, 2.05) is 0 Å². The largest absolute Gasteiger partial charge is 0.462 e. The lowest BCUT2D eigenvalue weighted by molar-refractivity contribution is -0.167. The number of ether oxygens (including phenoxy) is 3. The van der Waals surface area contributed by atoms with Gasteiger partial charge in [-0.2, -0.15) is 0 Å². The summed E-state index contributed by atoms with van der Waals surface area (Å²) in [6.45, 7) is 6.49. The molecule has 0 aliphatic rings. The Labute approximate surface area is 457 Å². The van der Waals surface area contributed by atoms with Gasteiger partial charge in [-0.15, -0.1) is 0 Å². The number of hydrogen-bond acceptors (Lipinski definition) is 6. The van der Waals surface area contributed by atoms with Gasteiger partial charge in [0, 0.05) is 19.3 Å². The monoisotopic (exact) mass is 1030 g/mol. The molecule has 0 amide bonds. The molecule has 0 heterocycles. The first kappa shape index (κ1) is 70.3. The molecule has 0 bridgehead atoms. The lowest BCUT2D eigenvalue weighted by atomic mass is 10.1. The van der Waals surface area contributed by atoms with E-state index in [2.05, 4.69) is 118 Å². The molecule has 0 aromatic carbocycles. The first-order valence-corrected chi connectivity index (χ1v) is 31.2. The summed E-state index contributed by atoms with van der Waals surface area (Å²) >= 11 is 0. The van der Waals surface area contributed by atoms with Crippen LogP contribution in [-0.2, 0) is 28.6 Å². The van der Waals surface area contributed by atoms with E-state index in [-0.39, 0.29) is 31.1 Å². The maximum Gasteiger partial charge on any atom is 0.306 e. The van der Waals surface area contributed by atoms with E-state index in [1.54, 1.807) is 0 Å². The molecular formula is C68H116O6. The molecule has 1 atom stereocenters. The molecule has 6 nitrogen and oxygen atoms in total. The van der Waals surface area contributed by atoms with E-state index < -0.39 is 6.10 Å². The fourth-order valence-corrected chi connectivity index (χ4v) is 8.61. The number of carbonyl (C=O) groups is 3. The Morgan fingerprint density at radius 3 is 0.851 bits per heavy atom. The number of carbonyl (C=O) groups excluding carboxylic acids is 3. The molecule has 0 aromatic heterocycles. The molecule has 74 heavy (non-hydrogen) atoms. The lowest BCUT2D eigenvalue weighted by Gasteiger charge is -2.18. The zero-order chi connectivity index (χ0) is 53.6. The second-order valence-electron chi connectivity index (χ2n) is 20.6. The molecule has 0 spiro atoms. The van der Waals surface area contributed by atoms with Gasteiger partial charge in [0.05, 0.1) is 0 Å². The van der Waals surface area contributed by atoms with Gasteiger partial charge in [0.15, 0.2) is 6.10 Å². The van der Waals surface area contributed by atoms with Gasteiger partial charge in [-0.3, -0.25) is 14.4 Å². The average Bonchev–Trinajstić information content (AvgIpc) is 3.40. The van der Waals surface area contributed by atoms with Crippen LogP contribution in [0.5, 0.6) is 0 Å². The Bertz CT molecular complexity index is 1460. The molecule has 0 rings (SSSR count). The Morgan fingerprint density at radius 2 is 0.527 bits per heavy atom. The van der Waals surface area contributed by atoms with Gasteiger partial charge in [0.1, 0.15) is 13.2 Å². The minimum absolute atomic E-state index is 0.0879. The smallest absolute Gasteiger partial charge is 0.306 e. The number of allylic oxidation sites excluding steroid dienone is 16. The molecule has 0 N–H and O–H groups in total. The molecule has 1 unspecified atom stereocenters. The third-order valence-corrected chi connectivity index (χ3v) is 13.3. The van der Waals surface area contributed by atoms with Crippen molar-refractivity contribution in [3.05, 3.63) is 97.2 Å². The van der Waals surface area contributed by atoms with E-state index in [0.29, 0.717) is 19.3 Å². The van der Waals surface area contributed by atoms with Crippen LogP contribution in [0.1, 0.15) is 297 Å². The SMILES string of the molecule is CC/C=C\C/C=C\C/C=C\C/C=C\CCCCCCCCCCC(=O)OCC(COC(=O)CCCCCCC/C=C\C/C=C\CCCCCC)OC(=O)CCCCCCCCCCC/C=C\C/C=C\CCCCC. The number of unbranched alkanes of at least 4 members (excludes halogenated alkanes) is 29. The molecule has 6 heteroatoms. The van der Waals surface area contributed by atoms with Crippen LogP contribution in [0, 0.1) is 0 Å². The molecule has 0 saturated heterocycles. The fourth-order valence-electron chi connectivity index (χ4n) is 8.61. The van der Waals surface area contributed by atoms with Crippen LogP contribution in [0.4, 0.5) is 0 Å². The zero-order valence-corrected chi connectivity index (χ0v) is 48.6. The lowest BCUT2D eigenvalue weighted by Crippen LogP contribution is -2.30. The summed E-state index contributed by atoms with van der Waals surface area (Å²) in [6, 6.07) is 0. The number of rotatable bonds is 56. The predicted molar refractivity (Wildman–Crippen MR) is 320 cm³/mol. The molecule has 0 saturated carbocycles. The molecule has 424 valence electrons. The van der Waals surface area contributed by atoms with E-state index in [0.717, 1.165) is 116 Å². The molecule has 0 aromatic rings. The van der Waals surface area contributed by atoms with Crippen molar-refractivity contribution in [1.29, 1.82) is 0 Å². The first-order valence-electron chi connectivity index (χ1n) is 31.2. The van der Waals surface area contributed by atoms with Crippen molar-refractivity contribution in [1.82, 2.24) is 0 Å². The summed E-state index contributed by atoms with van der Waals surface area (Å²) in [5, 5.41) is 0. The van der Waals surface area contributed by atoms with E-state index in [1.165, 1.54) is 141 Å². The van der Waals surface area contributed by atoms with Gasteiger partial charge in [-0.1, -0.05) is 253 Å². The molecule has 0 fully saturated rings. The Kier molecular flexibility index (Phi) is 58.8. The summed E-state index contributed by atoms with van der Waals surface area (Å²) in [5.41, 5.74) is 0. The van der Waals surface area contributed by atoms with Crippen LogP contribution >= 0.6 is 0 Å². The Balaban J connectivity index is 4.42. The van der Waals surface area contributed by atoms with Crippen molar-refractivity contribution in [2.45, 2.75) is 303 Å². The zero-order valence-electron chi connectivity index (χ0n) is 48.6. The Hall–Kier alpha value is -3.67. The molecular weight excluding hydrogens is 913 g/mol. The van der Waals surface area contributed by atoms with Crippen LogP contribution in [0.3, 0.4) is 0 Å². The van der Waals surface area contributed by atoms with Gasteiger partial charge >= 0.3 is 17.9 Å². The standard InChI is InChI=1S/C68H116O6/c1-4-7-10-13-16-19-22-25-28-31-33-34-36-37-40-43-46-49-52-55-58-61-67(70)73-64-65(63-72-66(69)60-57-54-51-48-45-42-39-30-27-24-21-18-15-12-9-6-3)74-68(71)62-59-56-53-50-47-44-41-38-35-32-29-26-23-20-17-14-11-8-5-2/h7,10,16-17,19-21,24-26,28-30,33-34,39,65H,4-6,8-9,11-15,18,22-23,27,31-32,35-38,40-64H2,1-3H3/b10-7-,19-16-,20-17-,24-21-,28-25-,29-26-,34-33-,39-30-. The predicted octanol–water partition coefficient (Wildman–Crippen LogP) is 21.3. The first-order chi connectivity index (χ1) is 36.5. The number of hydrogen-bond donors (Lipinski definition) is 0. The second-order valence-corrected chi connectivity index (χ2v) is 20.6. The van der Waals surface area contributed by atoms with Gasteiger partial charge in [-0.05, 0) is 122 Å². The van der Waals surface area contributed by atoms with Gasteiger partial charge in [0.2, 0.25) is 0 Å². The van der Waals surface area contributed by atoms with Gasteiger partial charge < -0.3 is 14.2 Å². The summed E-state index contributed by atoms with van der Waals surface area (Å²) in [4.78, 5) is 38.3. The van der Waals surface area contributed by atoms with Gasteiger partial charge in [-0.25, -0.2) is 0 Å². The van der Waals surface area contributed by atoms with Crippen LogP contribution in [0.25, 0.3) is 0 Å². The molecule has 0 aliphatic heterocycles. The van der Waals surface area contributed by atoms with Crippen molar-refractivity contribution in [3.63, 3.8) is 0 Å². The van der Waals surface area contributed by atoms with Gasteiger partial charge in [0.25, 0.3) is 0 Å². The van der Waals surface area contributed by atoms with Crippen molar-refractivity contribution in [2.75, 3.05) is 13.2 Å². The summed E-state index contributed by atoms with van der Waals surface area (Å²) in [7, 11) is 0. The van der Waals surface area contributed by atoms with Crippen LogP contribution in [0.15, 0.2) is 97.2 Å². The van der Waals surface area contributed by atoms with Crippen LogP contribution in [-0.4, -0.2) is 37.2 Å². The average molecular weight is 1030 g/mol. The highest BCUT2D eigenvalue weighted by molar-refractivity contribution is 5.71. The third-order valence-electron chi connectivity index (χ3n) is 13.3. The Morgan fingerprint density at radius 1 is 0.284 bits per heavy atom. The van der Waals surface area contributed by atoms with E-state index in [9.17, 15) is 14.4 Å². The topological polar surface area (TPSA) is 78.9 Å². The maximum absolute atomic E-state index is 12.9.